The molecular formula is C14H17F3N2O2. The van der Waals surface area contributed by atoms with Gasteiger partial charge in [0.05, 0.1) is 0 Å². The minimum absolute atomic E-state index is 0.163. The first-order valence-electron chi connectivity index (χ1n) is 6.49. The molecule has 1 aromatic carbocycles. The van der Waals surface area contributed by atoms with Gasteiger partial charge in [-0.3, -0.25) is 9.59 Å². The van der Waals surface area contributed by atoms with E-state index in [1.165, 1.54) is 12.1 Å². The van der Waals surface area contributed by atoms with Crippen molar-refractivity contribution in [2.24, 2.45) is 5.73 Å². The van der Waals surface area contributed by atoms with Crippen molar-refractivity contribution in [2.45, 2.75) is 31.5 Å². The molecule has 0 aliphatic rings. The second kappa shape index (κ2) is 8.41. The summed E-state index contributed by atoms with van der Waals surface area (Å²) in [6.07, 6.45) is -5.19. The summed E-state index contributed by atoms with van der Waals surface area (Å²) < 4.78 is 39.0. The Labute approximate surface area is 120 Å². The van der Waals surface area contributed by atoms with E-state index < -0.39 is 30.3 Å². The van der Waals surface area contributed by atoms with Gasteiger partial charge in [-0.25, -0.2) is 13.2 Å². The number of nitrogens with two attached hydrogens (primary N) is 1. The topological polar surface area (TPSA) is 72.2 Å². The number of alkyl halides is 3. The van der Waals surface area contributed by atoms with E-state index in [2.05, 4.69) is 0 Å². The lowest BCUT2D eigenvalue weighted by Crippen LogP contribution is -2.49. The van der Waals surface area contributed by atoms with Crippen molar-refractivity contribution in [1.29, 1.82) is 0 Å². The fourth-order valence-electron chi connectivity index (χ4n) is 1.77. The minimum Gasteiger partial charge on any atom is -0.339 e. The van der Waals surface area contributed by atoms with Gasteiger partial charge in [-0.2, -0.15) is 0 Å². The van der Waals surface area contributed by atoms with Gasteiger partial charge in [-0.1, -0.05) is 18.2 Å². The maximum absolute atomic E-state index is 13.9. The van der Waals surface area contributed by atoms with E-state index in [0.717, 1.165) is 0 Å². The van der Waals surface area contributed by atoms with Gasteiger partial charge in [-0.05, 0) is 31.5 Å². The SMILES string of the molecule is NCCCC(F)C(NC(=O)c1ccccc1)C(=O)C(F)F. The quantitative estimate of drug-likeness (QED) is 0.767. The van der Waals surface area contributed by atoms with Gasteiger partial charge in [0, 0.05) is 5.56 Å². The predicted octanol–water partition coefficient (Wildman–Crippen LogP) is 1.70. The van der Waals surface area contributed by atoms with Crippen LogP contribution in [0, 0.1) is 0 Å². The third kappa shape index (κ3) is 5.18. The van der Waals surface area contributed by atoms with Gasteiger partial charge >= 0.3 is 0 Å². The Kier molecular flexibility index (Phi) is 6.87. The van der Waals surface area contributed by atoms with E-state index >= 15 is 0 Å². The number of halogens is 3. The van der Waals surface area contributed by atoms with Crippen molar-refractivity contribution < 1.29 is 22.8 Å². The summed E-state index contributed by atoms with van der Waals surface area (Å²) >= 11 is 0. The molecule has 0 aromatic heterocycles. The van der Waals surface area contributed by atoms with Gasteiger partial charge < -0.3 is 11.1 Å². The highest BCUT2D eigenvalue weighted by Gasteiger charge is 2.34. The summed E-state index contributed by atoms with van der Waals surface area (Å²) in [6.45, 7) is 0.169. The van der Waals surface area contributed by atoms with Crippen LogP contribution in [0.3, 0.4) is 0 Å². The molecule has 1 rings (SSSR count). The lowest BCUT2D eigenvalue weighted by molar-refractivity contribution is -0.133. The number of rotatable bonds is 8. The van der Waals surface area contributed by atoms with Gasteiger partial charge in [0.15, 0.2) is 0 Å². The standard InChI is InChI=1S/C14H17F3N2O2/c15-10(7-4-8-18)11(12(20)13(16)17)19-14(21)9-5-2-1-3-6-9/h1-3,5-6,10-11,13H,4,7-8,18H2,(H,19,21). The maximum Gasteiger partial charge on any atom is 0.298 e. The first kappa shape index (κ1) is 17.2. The van der Waals surface area contributed by atoms with Crippen LogP contribution in [0.4, 0.5) is 13.2 Å². The summed E-state index contributed by atoms with van der Waals surface area (Å²) in [6, 6.07) is 5.81. The average molecular weight is 302 g/mol. The second-order valence-electron chi connectivity index (χ2n) is 4.47. The highest BCUT2D eigenvalue weighted by atomic mass is 19.3. The maximum atomic E-state index is 13.9. The molecule has 0 heterocycles. The molecular weight excluding hydrogens is 285 g/mol. The molecule has 0 aliphatic carbocycles. The minimum atomic E-state index is -3.35. The zero-order valence-corrected chi connectivity index (χ0v) is 11.3. The summed E-state index contributed by atoms with van der Waals surface area (Å²) in [7, 11) is 0. The van der Waals surface area contributed by atoms with Gasteiger partial charge in [0.1, 0.15) is 12.2 Å². The number of hydrogen-bond acceptors (Lipinski definition) is 3. The molecule has 21 heavy (non-hydrogen) atoms. The number of ketones is 1. The van der Waals surface area contributed by atoms with Gasteiger partial charge in [0.25, 0.3) is 12.3 Å². The van der Waals surface area contributed by atoms with Crippen LogP contribution in [0.15, 0.2) is 30.3 Å². The Hall–Kier alpha value is -1.89. The zero-order valence-electron chi connectivity index (χ0n) is 11.3. The fraction of sp³-hybridized carbons (Fsp3) is 0.429. The van der Waals surface area contributed by atoms with Crippen molar-refractivity contribution in [1.82, 2.24) is 5.32 Å². The van der Waals surface area contributed by atoms with E-state index in [1.54, 1.807) is 18.2 Å². The van der Waals surface area contributed by atoms with Crippen molar-refractivity contribution in [3.05, 3.63) is 35.9 Å². The van der Waals surface area contributed by atoms with E-state index in [9.17, 15) is 22.8 Å². The number of carbonyl (C=O) groups is 2. The molecule has 3 N–H and O–H groups in total. The monoisotopic (exact) mass is 302 g/mol. The van der Waals surface area contributed by atoms with E-state index in [-0.39, 0.29) is 24.9 Å². The molecule has 0 radical (unpaired) electrons. The summed E-state index contributed by atoms with van der Waals surface area (Å²) in [4.78, 5) is 23.2. The van der Waals surface area contributed by atoms with Crippen LogP contribution in [-0.4, -0.2) is 36.9 Å². The lowest BCUT2D eigenvalue weighted by atomic mass is 10.0. The third-order valence-electron chi connectivity index (χ3n) is 2.89. The normalized spacial score (nSPS) is 13.8. The predicted molar refractivity (Wildman–Crippen MR) is 71.9 cm³/mol. The molecule has 1 aromatic rings. The summed E-state index contributed by atoms with van der Waals surface area (Å²) in [5.41, 5.74) is 5.38. The van der Waals surface area contributed by atoms with E-state index in [4.69, 9.17) is 5.73 Å². The molecule has 116 valence electrons. The van der Waals surface area contributed by atoms with Crippen LogP contribution in [0.2, 0.25) is 0 Å². The Morgan fingerprint density at radius 1 is 1.14 bits per heavy atom. The largest absolute Gasteiger partial charge is 0.339 e. The van der Waals surface area contributed by atoms with Crippen LogP contribution in [0.5, 0.6) is 0 Å². The van der Waals surface area contributed by atoms with Crippen molar-refractivity contribution in [3.63, 3.8) is 0 Å². The van der Waals surface area contributed by atoms with Crippen LogP contribution >= 0.6 is 0 Å². The lowest BCUT2D eigenvalue weighted by Gasteiger charge is -2.21. The number of hydrogen-bond donors (Lipinski definition) is 2. The molecule has 0 bridgehead atoms. The van der Waals surface area contributed by atoms with E-state index in [1.807, 2.05) is 5.32 Å². The van der Waals surface area contributed by atoms with Gasteiger partial charge in [0.2, 0.25) is 5.78 Å². The molecule has 0 fully saturated rings. The smallest absolute Gasteiger partial charge is 0.298 e. The number of nitrogens with one attached hydrogen (secondary N) is 1. The molecule has 0 saturated heterocycles. The second-order valence-corrected chi connectivity index (χ2v) is 4.47. The summed E-state index contributed by atoms with van der Waals surface area (Å²) in [5, 5.41) is 2.04. The molecule has 4 nitrogen and oxygen atoms in total. The Balaban J connectivity index is 2.82. The van der Waals surface area contributed by atoms with Crippen LogP contribution in [0.25, 0.3) is 0 Å². The van der Waals surface area contributed by atoms with Gasteiger partial charge in [-0.15, -0.1) is 0 Å². The zero-order chi connectivity index (χ0) is 15.8. The molecule has 1 amide bonds. The Morgan fingerprint density at radius 3 is 2.29 bits per heavy atom. The summed E-state index contributed by atoms with van der Waals surface area (Å²) in [5.74, 6) is -2.41. The van der Waals surface area contributed by atoms with Crippen LogP contribution in [-0.2, 0) is 4.79 Å². The Bertz CT molecular complexity index is 469. The van der Waals surface area contributed by atoms with Crippen LogP contribution < -0.4 is 11.1 Å². The highest BCUT2D eigenvalue weighted by Crippen LogP contribution is 2.13. The fourth-order valence-corrected chi connectivity index (χ4v) is 1.77. The molecule has 0 spiro atoms. The number of amides is 1. The van der Waals surface area contributed by atoms with Crippen LogP contribution in [0.1, 0.15) is 23.2 Å². The molecule has 7 heteroatoms. The number of carbonyl (C=O) groups excluding carboxylic acids is 2. The average Bonchev–Trinajstić information content (AvgIpc) is 2.50. The van der Waals surface area contributed by atoms with E-state index in [0.29, 0.717) is 0 Å². The number of Topliss-reactive ketones (excluding diaryl/α,β-unsaturated/α-hetero) is 1. The van der Waals surface area contributed by atoms with Crippen molar-refractivity contribution >= 4 is 11.7 Å². The molecule has 2 unspecified atom stereocenters. The Morgan fingerprint density at radius 2 is 1.76 bits per heavy atom. The van der Waals surface area contributed by atoms with Crippen molar-refractivity contribution in [2.75, 3.05) is 6.54 Å². The third-order valence-corrected chi connectivity index (χ3v) is 2.89. The molecule has 0 saturated carbocycles. The first-order valence-corrected chi connectivity index (χ1v) is 6.49. The first-order chi connectivity index (χ1) is 9.97. The molecule has 2 atom stereocenters. The van der Waals surface area contributed by atoms with Crippen molar-refractivity contribution in [3.8, 4) is 0 Å². The highest BCUT2D eigenvalue weighted by molar-refractivity contribution is 5.98. The number of benzene rings is 1. The molecule has 0 aliphatic heterocycles.